The number of hydrogen-bond donors (Lipinski definition) is 1. The van der Waals surface area contributed by atoms with E-state index in [2.05, 4.69) is 36.3 Å². The van der Waals surface area contributed by atoms with Crippen LogP contribution in [0.15, 0.2) is 48.7 Å². The third kappa shape index (κ3) is 6.83. The number of halogens is 1. The Kier molecular flexibility index (Phi) is 9.73. The number of carbonyl (C=O) groups excluding carboxylic acids is 1. The summed E-state index contributed by atoms with van der Waals surface area (Å²) in [5, 5.41) is 4.26. The van der Waals surface area contributed by atoms with Crippen molar-refractivity contribution in [3.05, 3.63) is 76.1 Å². The molecule has 7 rings (SSSR count). The molecule has 0 unspecified atom stereocenters. The Morgan fingerprint density at radius 2 is 1.92 bits per heavy atom. The SMILES string of the molecule is C[C@@H](COc1ccnc2c1[C@H](C)CCC2)C[C@H]1Cc2cc3c(cc2C12CCC(Nc1cccc(Cl)c1)(C(=O)OCCN(C)C)CC2)OCO3. The van der Waals surface area contributed by atoms with Crippen molar-refractivity contribution < 1.29 is 23.7 Å². The number of esters is 1. The van der Waals surface area contributed by atoms with Gasteiger partial charge in [-0.25, -0.2) is 4.79 Å². The molecule has 0 bridgehead atoms. The Balaban J connectivity index is 1.14. The number of likely N-dealkylation sites (N-methyl/N-ethyl adjacent to an activating group) is 1. The number of benzene rings is 2. The van der Waals surface area contributed by atoms with E-state index in [-0.39, 0.29) is 18.2 Å². The fourth-order valence-electron chi connectivity index (χ4n) is 8.94. The fraction of sp³-hybridized carbons (Fsp3) is 0.550. The molecular formula is C40H50ClN3O5. The van der Waals surface area contributed by atoms with Gasteiger partial charge in [0.25, 0.3) is 0 Å². The van der Waals surface area contributed by atoms with Gasteiger partial charge in [-0.05, 0) is 143 Å². The van der Waals surface area contributed by atoms with Crippen LogP contribution >= 0.6 is 11.6 Å². The molecule has 3 aliphatic carbocycles. The van der Waals surface area contributed by atoms with Crippen LogP contribution in [0.3, 0.4) is 0 Å². The van der Waals surface area contributed by atoms with Gasteiger partial charge < -0.3 is 29.2 Å². The molecule has 1 saturated carbocycles. The molecule has 2 heterocycles. The van der Waals surface area contributed by atoms with E-state index in [9.17, 15) is 4.79 Å². The van der Waals surface area contributed by atoms with E-state index in [0.717, 1.165) is 55.0 Å². The number of anilines is 1. The van der Waals surface area contributed by atoms with Crippen LogP contribution in [0.2, 0.25) is 5.02 Å². The number of aryl methyl sites for hydroxylation is 1. The Morgan fingerprint density at radius 1 is 1.12 bits per heavy atom. The number of nitrogens with one attached hydrogen (secondary N) is 1. The Bertz CT molecular complexity index is 1670. The summed E-state index contributed by atoms with van der Waals surface area (Å²) in [7, 11) is 3.97. The minimum atomic E-state index is -0.849. The second-order valence-electron chi connectivity index (χ2n) is 15.2. The first kappa shape index (κ1) is 34.0. The molecule has 2 aromatic carbocycles. The van der Waals surface area contributed by atoms with Crippen LogP contribution in [-0.2, 0) is 27.8 Å². The molecule has 8 nitrogen and oxygen atoms in total. The molecule has 1 N–H and O–H groups in total. The average molecular weight is 688 g/mol. The summed E-state index contributed by atoms with van der Waals surface area (Å²) in [5.74, 6) is 3.67. The number of ether oxygens (including phenoxy) is 4. The van der Waals surface area contributed by atoms with Gasteiger partial charge in [0.05, 0.1) is 6.61 Å². The molecule has 262 valence electrons. The standard InChI is InChI=1S/C40H50ClN3O5/c1-26(24-47-34-11-16-42-33-10-5-7-27(2)37(33)34)19-29-20-28-21-35-36(49-25-48-35)23-32(28)39(29)12-14-40(15-13-39,38(45)46-18-17-44(3)4)43-31-9-6-8-30(41)22-31/h6,8-9,11,16,21-23,26-27,29,43H,5,7,10,12-15,17-20,24-25H2,1-4H3/t26-,27-,29+,39?,40?/m1/s1. The third-order valence-electron chi connectivity index (χ3n) is 11.5. The lowest BCUT2D eigenvalue weighted by Crippen LogP contribution is -2.54. The molecule has 9 heteroatoms. The van der Waals surface area contributed by atoms with E-state index < -0.39 is 5.54 Å². The zero-order valence-electron chi connectivity index (χ0n) is 29.4. The van der Waals surface area contributed by atoms with E-state index in [4.69, 9.17) is 30.5 Å². The quantitative estimate of drug-likeness (QED) is 0.204. The lowest BCUT2D eigenvalue weighted by molar-refractivity contribution is -0.151. The predicted molar refractivity (Wildman–Crippen MR) is 192 cm³/mol. The molecule has 0 saturated heterocycles. The van der Waals surface area contributed by atoms with Crippen molar-refractivity contribution in [3.8, 4) is 17.2 Å². The average Bonchev–Trinajstić information content (AvgIpc) is 3.65. The summed E-state index contributed by atoms with van der Waals surface area (Å²) in [6, 6.07) is 14.1. The van der Waals surface area contributed by atoms with Crippen LogP contribution in [0, 0.1) is 11.8 Å². The first-order valence-electron chi connectivity index (χ1n) is 18.0. The zero-order valence-corrected chi connectivity index (χ0v) is 30.1. The number of rotatable bonds is 11. The summed E-state index contributed by atoms with van der Waals surface area (Å²) >= 11 is 6.38. The Labute approximate surface area is 295 Å². The van der Waals surface area contributed by atoms with Gasteiger partial charge in [0.1, 0.15) is 17.9 Å². The highest BCUT2D eigenvalue weighted by Gasteiger charge is 2.55. The lowest BCUT2D eigenvalue weighted by Gasteiger charge is -2.48. The van der Waals surface area contributed by atoms with Crippen molar-refractivity contribution in [1.82, 2.24) is 9.88 Å². The van der Waals surface area contributed by atoms with Gasteiger partial charge in [-0.3, -0.25) is 4.98 Å². The predicted octanol–water partition coefficient (Wildman–Crippen LogP) is 7.95. The highest BCUT2D eigenvalue weighted by Crippen LogP contribution is 2.58. The van der Waals surface area contributed by atoms with E-state index in [1.54, 1.807) is 0 Å². The molecule has 3 aromatic rings. The van der Waals surface area contributed by atoms with Gasteiger partial charge in [-0.2, -0.15) is 0 Å². The van der Waals surface area contributed by atoms with E-state index >= 15 is 0 Å². The number of carbonyl (C=O) groups is 1. The Hall–Kier alpha value is -3.49. The normalized spacial score (nSPS) is 25.9. The number of nitrogens with zero attached hydrogens (tertiary/aromatic N) is 2. The van der Waals surface area contributed by atoms with Crippen LogP contribution < -0.4 is 19.5 Å². The van der Waals surface area contributed by atoms with Crippen LogP contribution in [-0.4, -0.2) is 62.0 Å². The largest absolute Gasteiger partial charge is 0.493 e. The minimum absolute atomic E-state index is 0.0989. The third-order valence-corrected chi connectivity index (χ3v) is 11.8. The number of aromatic nitrogens is 1. The van der Waals surface area contributed by atoms with Crippen molar-refractivity contribution in [2.45, 2.75) is 88.5 Å². The molecule has 1 aliphatic heterocycles. The summed E-state index contributed by atoms with van der Waals surface area (Å²) in [5.41, 5.74) is 5.07. The van der Waals surface area contributed by atoms with Gasteiger partial charge in [-0.15, -0.1) is 0 Å². The first-order valence-corrected chi connectivity index (χ1v) is 18.4. The van der Waals surface area contributed by atoms with Crippen molar-refractivity contribution in [3.63, 3.8) is 0 Å². The van der Waals surface area contributed by atoms with E-state index in [0.29, 0.717) is 55.4 Å². The molecule has 0 amide bonds. The second-order valence-corrected chi connectivity index (χ2v) is 15.6. The molecule has 1 aromatic heterocycles. The summed E-state index contributed by atoms with van der Waals surface area (Å²) in [4.78, 5) is 20.7. The van der Waals surface area contributed by atoms with Gasteiger partial charge in [0, 0.05) is 34.7 Å². The second kappa shape index (κ2) is 14.0. The first-order chi connectivity index (χ1) is 23.7. The van der Waals surface area contributed by atoms with Crippen LogP contribution in [0.25, 0.3) is 0 Å². The number of pyridine rings is 1. The van der Waals surface area contributed by atoms with Crippen molar-refractivity contribution in [1.29, 1.82) is 0 Å². The summed E-state index contributed by atoms with van der Waals surface area (Å²) in [6.07, 6.45) is 10.3. The van der Waals surface area contributed by atoms with Gasteiger partial charge >= 0.3 is 5.97 Å². The molecule has 1 fully saturated rings. The minimum Gasteiger partial charge on any atom is -0.493 e. The van der Waals surface area contributed by atoms with Crippen LogP contribution in [0.1, 0.15) is 87.1 Å². The van der Waals surface area contributed by atoms with Crippen LogP contribution in [0.4, 0.5) is 5.69 Å². The number of hydrogen-bond acceptors (Lipinski definition) is 8. The smallest absolute Gasteiger partial charge is 0.331 e. The Morgan fingerprint density at radius 3 is 2.69 bits per heavy atom. The molecular weight excluding hydrogens is 638 g/mol. The fourth-order valence-corrected chi connectivity index (χ4v) is 9.13. The maximum Gasteiger partial charge on any atom is 0.331 e. The molecule has 1 spiro atoms. The van der Waals surface area contributed by atoms with Crippen molar-refractivity contribution >= 4 is 23.3 Å². The van der Waals surface area contributed by atoms with Gasteiger partial charge in [-0.1, -0.05) is 31.5 Å². The lowest BCUT2D eigenvalue weighted by atomic mass is 9.59. The topological polar surface area (TPSA) is 82.2 Å². The molecule has 49 heavy (non-hydrogen) atoms. The number of fused-ring (bicyclic) bond motifs is 4. The zero-order chi connectivity index (χ0) is 34.2. The van der Waals surface area contributed by atoms with E-state index in [1.165, 1.54) is 35.2 Å². The van der Waals surface area contributed by atoms with Crippen molar-refractivity contribution in [2.24, 2.45) is 11.8 Å². The maximum absolute atomic E-state index is 14.0. The van der Waals surface area contributed by atoms with Crippen molar-refractivity contribution in [2.75, 3.05) is 46.0 Å². The highest BCUT2D eigenvalue weighted by atomic mass is 35.5. The van der Waals surface area contributed by atoms with Crippen LogP contribution in [0.5, 0.6) is 17.2 Å². The molecule has 3 atom stereocenters. The summed E-state index contributed by atoms with van der Waals surface area (Å²) in [6.45, 7) is 6.55. The molecule has 4 aliphatic rings. The van der Waals surface area contributed by atoms with E-state index in [1.807, 2.05) is 55.5 Å². The highest BCUT2D eigenvalue weighted by molar-refractivity contribution is 6.30. The monoisotopic (exact) mass is 687 g/mol. The summed E-state index contributed by atoms with van der Waals surface area (Å²) < 4.78 is 24.3. The maximum atomic E-state index is 14.0. The van der Waals surface area contributed by atoms with Gasteiger partial charge in [0.2, 0.25) is 6.79 Å². The molecule has 0 radical (unpaired) electrons. The van der Waals surface area contributed by atoms with Gasteiger partial charge in [0.15, 0.2) is 11.5 Å².